The Morgan fingerprint density at radius 2 is 1.80 bits per heavy atom. The van der Waals surface area contributed by atoms with E-state index in [4.69, 9.17) is 0 Å². The molecule has 6 aliphatic rings. The summed E-state index contributed by atoms with van der Waals surface area (Å²) in [5.74, 6) is 2.10. The summed E-state index contributed by atoms with van der Waals surface area (Å²) in [5, 5.41) is 9.84. The molecule has 5 nitrogen and oxygen atoms in total. The minimum atomic E-state index is -1.06. The summed E-state index contributed by atoms with van der Waals surface area (Å²) in [4.78, 5) is 13.7. The van der Waals surface area contributed by atoms with Crippen LogP contribution in [0.5, 0.6) is 0 Å². The molecule has 0 aromatic carbocycles. The fraction of sp³-hybridized carbons (Fsp3) is 0.842. The van der Waals surface area contributed by atoms with Crippen molar-refractivity contribution in [3.05, 3.63) is 11.1 Å². The van der Waals surface area contributed by atoms with Crippen molar-refractivity contribution in [1.29, 1.82) is 0 Å². The monoisotopic (exact) mass is 364 g/mol. The second-order valence-electron chi connectivity index (χ2n) is 10.6. The highest BCUT2D eigenvalue weighted by Crippen LogP contribution is 3.05. The van der Waals surface area contributed by atoms with Gasteiger partial charge in [-0.25, -0.2) is 4.79 Å². The Morgan fingerprint density at radius 3 is 2.12 bits per heavy atom. The highest BCUT2D eigenvalue weighted by Gasteiger charge is 3.07. The molecule has 8 atom stereocenters. The molecular formula is C19H28N2O3S. The Bertz CT molecular complexity index is 751. The Labute approximate surface area is 152 Å². The summed E-state index contributed by atoms with van der Waals surface area (Å²) in [7, 11) is 0. The van der Waals surface area contributed by atoms with Crippen molar-refractivity contribution in [2.45, 2.75) is 70.3 Å². The van der Waals surface area contributed by atoms with Crippen molar-refractivity contribution >= 4 is 17.5 Å². The van der Waals surface area contributed by atoms with Crippen molar-refractivity contribution in [2.24, 2.45) is 29.1 Å². The smallest absolute Gasteiger partial charge is 0.408 e. The normalized spacial score (nSPS) is 46.7. The van der Waals surface area contributed by atoms with Crippen LogP contribution >= 0.6 is 0 Å². The van der Waals surface area contributed by atoms with Gasteiger partial charge in [-0.1, -0.05) is 5.57 Å². The number of nitrogens with zero attached hydrogens (tertiary/aromatic N) is 1. The Hall–Kier alpha value is -0.720. The summed E-state index contributed by atoms with van der Waals surface area (Å²) < 4.78 is 15.6. The molecule has 6 heteroatoms. The zero-order valence-electron chi connectivity index (χ0n) is 16.0. The zero-order chi connectivity index (χ0) is 18.5. The van der Waals surface area contributed by atoms with Gasteiger partial charge in [0.25, 0.3) is 0 Å². The molecular weight excluding hydrogens is 336 g/mol. The van der Waals surface area contributed by atoms with Crippen LogP contribution in [0, 0.1) is 29.1 Å². The number of carboxylic acid groups (broad SMARTS) is 1. The van der Waals surface area contributed by atoms with E-state index in [0.717, 1.165) is 0 Å². The predicted octanol–water partition coefficient (Wildman–Crippen LogP) is 2.76. The zero-order valence-corrected chi connectivity index (χ0v) is 16.8. The van der Waals surface area contributed by atoms with Crippen LogP contribution in [0.1, 0.15) is 48.5 Å². The van der Waals surface area contributed by atoms with Crippen molar-refractivity contribution in [3.8, 4) is 0 Å². The molecule has 0 bridgehead atoms. The molecule has 0 heterocycles. The molecule has 7 unspecified atom stereocenters. The van der Waals surface area contributed by atoms with Crippen molar-refractivity contribution < 1.29 is 14.5 Å². The molecule has 0 spiro atoms. The summed E-state index contributed by atoms with van der Waals surface area (Å²) in [6.07, 6.45) is -0.787. The van der Waals surface area contributed by atoms with Gasteiger partial charge in [-0.3, -0.25) is 4.90 Å². The van der Waals surface area contributed by atoms with Crippen LogP contribution in [-0.4, -0.2) is 42.5 Å². The summed E-state index contributed by atoms with van der Waals surface area (Å²) >= 11 is -1.06. The first kappa shape index (κ1) is 16.5. The molecule has 2 N–H and O–H groups in total. The molecule has 0 radical (unpaired) electrons. The molecule has 0 aliphatic heterocycles. The van der Waals surface area contributed by atoms with Crippen LogP contribution in [0.2, 0.25) is 0 Å². The van der Waals surface area contributed by atoms with Crippen LogP contribution in [-0.2, 0) is 11.4 Å². The van der Waals surface area contributed by atoms with Crippen LogP contribution in [0.4, 0.5) is 4.79 Å². The van der Waals surface area contributed by atoms with E-state index in [9.17, 15) is 14.5 Å². The highest BCUT2D eigenvalue weighted by molar-refractivity contribution is 7.90. The SMILES string of the molecule is CC(N[S@@+]([O-])C(C)(C)C)C12C3=C4C1C1C2C3C41N(C(=O)O)C(C)(C)C. The van der Waals surface area contributed by atoms with Crippen LogP contribution in [0.15, 0.2) is 11.1 Å². The topological polar surface area (TPSA) is 75.6 Å². The van der Waals surface area contributed by atoms with E-state index in [1.165, 1.54) is 11.1 Å². The van der Waals surface area contributed by atoms with Gasteiger partial charge in [0.05, 0.1) is 11.6 Å². The maximum atomic E-state index is 12.5. The summed E-state index contributed by atoms with van der Waals surface area (Å²) in [6.45, 7) is 14.2. The molecule has 1 amide bonds. The number of nitrogens with one attached hydrogen (secondary N) is 1. The third kappa shape index (κ3) is 1.27. The average Bonchev–Trinajstić information content (AvgIpc) is 2.44. The standard InChI is InChI=1S/C19H28N2O3S/c1-8(20-25(24)17(5,6)7)18-9-12-10(18)14-11(18)13(9)19(12,14)21(15(22)23)16(2,3)4/h8-10,12-13,20H,1-7H3,(H,22,23)/t8?,9?,10?,12?,13?,18?,19?,25-/m0/s1. The maximum Gasteiger partial charge on any atom is 0.408 e. The third-order valence-corrected chi connectivity index (χ3v) is 9.43. The maximum absolute atomic E-state index is 12.5. The first-order valence-electron chi connectivity index (χ1n) is 9.31. The Balaban J connectivity index is 1.42. The summed E-state index contributed by atoms with van der Waals surface area (Å²) in [6, 6.07) is 0.208. The lowest BCUT2D eigenvalue weighted by Crippen LogP contribution is -3.09. The van der Waals surface area contributed by atoms with Gasteiger partial charge in [0, 0.05) is 28.2 Å². The fourth-order valence-corrected chi connectivity index (χ4v) is 8.24. The van der Waals surface area contributed by atoms with Crippen LogP contribution in [0.3, 0.4) is 0 Å². The van der Waals surface area contributed by atoms with Gasteiger partial charge in [-0.15, -0.1) is 4.72 Å². The molecule has 4 fully saturated rings. The van der Waals surface area contributed by atoms with E-state index < -0.39 is 17.5 Å². The van der Waals surface area contributed by atoms with Crippen molar-refractivity contribution in [1.82, 2.24) is 9.62 Å². The minimum Gasteiger partial charge on any atom is -0.598 e. The number of hydrogen-bond acceptors (Lipinski definition) is 3. The van der Waals surface area contributed by atoms with Crippen molar-refractivity contribution in [3.63, 3.8) is 0 Å². The first-order valence-corrected chi connectivity index (χ1v) is 10.5. The number of amides is 1. The molecule has 138 valence electrons. The molecule has 0 aromatic rings. The Morgan fingerprint density at radius 1 is 1.20 bits per heavy atom. The number of rotatable bonds is 4. The fourth-order valence-electron chi connectivity index (χ4n) is 7.37. The van der Waals surface area contributed by atoms with E-state index >= 15 is 0 Å². The largest absolute Gasteiger partial charge is 0.598 e. The van der Waals surface area contributed by atoms with Crippen molar-refractivity contribution in [2.75, 3.05) is 0 Å². The summed E-state index contributed by atoms with van der Waals surface area (Å²) in [5.41, 5.74) is 2.61. The highest BCUT2D eigenvalue weighted by atomic mass is 32.2. The van der Waals surface area contributed by atoms with Gasteiger partial charge in [-0.2, -0.15) is 0 Å². The van der Waals surface area contributed by atoms with Gasteiger partial charge in [0.2, 0.25) is 0 Å². The van der Waals surface area contributed by atoms with Gasteiger partial charge in [-0.05, 0) is 71.8 Å². The van der Waals surface area contributed by atoms with E-state index in [1.807, 2.05) is 41.5 Å². The second kappa shape index (κ2) is 3.92. The van der Waals surface area contributed by atoms with Gasteiger partial charge in [0.1, 0.15) is 4.75 Å². The Kier molecular flexibility index (Phi) is 2.58. The quantitative estimate of drug-likeness (QED) is 0.594. The van der Waals surface area contributed by atoms with Gasteiger partial charge < -0.3 is 9.66 Å². The van der Waals surface area contributed by atoms with Gasteiger partial charge in [0.15, 0.2) is 0 Å². The lowest BCUT2D eigenvalue weighted by molar-refractivity contribution is -0.442. The average molecular weight is 365 g/mol. The lowest BCUT2D eigenvalue weighted by Gasteiger charge is -3.06. The molecule has 25 heavy (non-hydrogen) atoms. The molecule has 0 aromatic heterocycles. The van der Waals surface area contributed by atoms with Crippen LogP contribution in [0.25, 0.3) is 0 Å². The molecule has 0 saturated heterocycles. The predicted molar refractivity (Wildman–Crippen MR) is 96.3 cm³/mol. The molecule has 6 rings (SSSR count). The van der Waals surface area contributed by atoms with E-state index in [2.05, 4.69) is 11.6 Å². The minimum absolute atomic E-state index is 0.167. The number of hydrogen-bond donors (Lipinski definition) is 2. The van der Waals surface area contributed by atoms with Gasteiger partial charge >= 0.3 is 6.09 Å². The second-order valence-corrected chi connectivity index (χ2v) is 12.6. The van der Waals surface area contributed by atoms with E-state index in [0.29, 0.717) is 23.7 Å². The third-order valence-electron chi connectivity index (χ3n) is 7.75. The lowest BCUT2D eigenvalue weighted by atomic mass is 8.99. The molecule has 6 aliphatic carbocycles. The molecule has 4 saturated carbocycles. The number of carbonyl (C=O) groups is 1. The van der Waals surface area contributed by atoms with Crippen LogP contribution < -0.4 is 4.72 Å². The van der Waals surface area contributed by atoms with E-state index in [-0.39, 0.29) is 27.3 Å². The van der Waals surface area contributed by atoms with E-state index in [1.54, 1.807) is 4.90 Å². The first-order chi connectivity index (χ1) is 11.3.